The summed E-state index contributed by atoms with van der Waals surface area (Å²) in [4.78, 5) is 0. The second-order valence-electron chi connectivity index (χ2n) is 3.63. The van der Waals surface area contributed by atoms with Crippen molar-refractivity contribution in [3.8, 4) is 5.75 Å². The van der Waals surface area contributed by atoms with Gasteiger partial charge in [-0.05, 0) is 17.7 Å². The Hall–Kier alpha value is -0.910. The van der Waals surface area contributed by atoms with Crippen LogP contribution in [-0.2, 0) is 4.74 Å². The number of morpholine rings is 1. The molecule has 6 heteroatoms. The fraction of sp³-hybridized carbons (Fsp3) is 0.455. The molecule has 0 radical (unpaired) electrons. The van der Waals surface area contributed by atoms with E-state index in [1.807, 2.05) is 0 Å². The van der Waals surface area contributed by atoms with E-state index in [0.29, 0.717) is 13.2 Å². The maximum absolute atomic E-state index is 12.0. The molecule has 1 saturated heterocycles. The highest BCUT2D eigenvalue weighted by molar-refractivity contribution is 6.32. The minimum absolute atomic E-state index is 0.0193. The van der Waals surface area contributed by atoms with Crippen LogP contribution in [0.4, 0.5) is 8.78 Å². The Bertz CT molecular complexity index is 384. The molecule has 0 saturated carbocycles. The molecule has 1 aliphatic rings. The van der Waals surface area contributed by atoms with Gasteiger partial charge in [-0.2, -0.15) is 8.78 Å². The Balaban J connectivity index is 2.12. The van der Waals surface area contributed by atoms with Crippen LogP contribution < -0.4 is 10.1 Å². The SMILES string of the molecule is FC(F)Oc1ccc(C2CNCCO2)cc1Cl. The van der Waals surface area contributed by atoms with Crippen molar-refractivity contribution >= 4 is 11.6 Å². The van der Waals surface area contributed by atoms with Gasteiger partial charge in [0, 0.05) is 13.1 Å². The van der Waals surface area contributed by atoms with Gasteiger partial charge >= 0.3 is 6.61 Å². The number of alkyl halides is 2. The van der Waals surface area contributed by atoms with Gasteiger partial charge in [0.05, 0.1) is 17.7 Å². The molecule has 1 fully saturated rings. The van der Waals surface area contributed by atoms with Gasteiger partial charge in [0.2, 0.25) is 0 Å². The van der Waals surface area contributed by atoms with Crippen molar-refractivity contribution in [3.05, 3.63) is 28.8 Å². The van der Waals surface area contributed by atoms with Crippen molar-refractivity contribution in [1.29, 1.82) is 0 Å². The molecule has 1 unspecified atom stereocenters. The lowest BCUT2D eigenvalue weighted by Gasteiger charge is -2.24. The molecule has 1 heterocycles. The molecule has 1 aromatic carbocycles. The average Bonchev–Trinajstić information content (AvgIpc) is 2.32. The van der Waals surface area contributed by atoms with Crippen LogP contribution >= 0.6 is 11.6 Å². The zero-order valence-electron chi connectivity index (χ0n) is 8.96. The van der Waals surface area contributed by atoms with Crippen LogP contribution in [0.1, 0.15) is 11.7 Å². The number of hydrogen-bond acceptors (Lipinski definition) is 3. The zero-order valence-corrected chi connectivity index (χ0v) is 9.71. The Morgan fingerprint density at radius 1 is 1.47 bits per heavy atom. The van der Waals surface area contributed by atoms with Gasteiger partial charge in [0.25, 0.3) is 0 Å². The van der Waals surface area contributed by atoms with Crippen LogP contribution in [-0.4, -0.2) is 26.3 Å². The third kappa shape index (κ3) is 3.28. The number of benzene rings is 1. The summed E-state index contributed by atoms with van der Waals surface area (Å²) in [6, 6.07) is 4.71. The van der Waals surface area contributed by atoms with E-state index in [4.69, 9.17) is 16.3 Å². The van der Waals surface area contributed by atoms with E-state index in [1.165, 1.54) is 6.07 Å². The summed E-state index contributed by atoms with van der Waals surface area (Å²) in [6.45, 7) is -0.745. The van der Waals surface area contributed by atoms with Gasteiger partial charge in [-0.3, -0.25) is 0 Å². The molecule has 94 valence electrons. The largest absolute Gasteiger partial charge is 0.433 e. The second-order valence-corrected chi connectivity index (χ2v) is 4.04. The second kappa shape index (κ2) is 5.62. The zero-order chi connectivity index (χ0) is 12.3. The Morgan fingerprint density at radius 3 is 2.88 bits per heavy atom. The summed E-state index contributed by atoms with van der Waals surface area (Å²) >= 11 is 5.86. The van der Waals surface area contributed by atoms with E-state index in [2.05, 4.69) is 10.1 Å². The fourth-order valence-electron chi connectivity index (χ4n) is 1.69. The molecule has 0 amide bonds. The van der Waals surface area contributed by atoms with Gasteiger partial charge in [-0.15, -0.1) is 0 Å². The number of hydrogen-bond donors (Lipinski definition) is 1. The first-order chi connectivity index (χ1) is 8.16. The highest BCUT2D eigenvalue weighted by Gasteiger charge is 2.17. The molecule has 17 heavy (non-hydrogen) atoms. The van der Waals surface area contributed by atoms with Gasteiger partial charge in [0.15, 0.2) is 0 Å². The van der Waals surface area contributed by atoms with Crippen molar-refractivity contribution in [2.75, 3.05) is 19.7 Å². The first kappa shape index (κ1) is 12.5. The number of nitrogens with one attached hydrogen (secondary N) is 1. The molecule has 0 aliphatic carbocycles. The standard InChI is InChI=1S/C11H12ClF2NO2/c12-8-5-7(10-6-15-3-4-16-10)1-2-9(8)17-11(13)14/h1-2,5,10-11,15H,3-4,6H2. The third-order valence-corrected chi connectivity index (χ3v) is 2.77. The topological polar surface area (TPSA) is 30.5 Å². The van der Waals surface area contributed by atoms with Crippen LogP contribution in [0.3, 0.4) is 0 Å². The summed E-state index contributed by atoms with van der Waals surface area (Å²) in [5.41, 5.74) is 0.851. The van der Waals surface area contributed by atoms with Crippen LogP contribution in [0.5, 0.6) is 5.75 Å². The summed E-state index contributed by atoms with van der Waals surface area (Å²) in [6.07, 6.45) is -0.0955. The summed E-state index contributed by atoms with van der Waals surface area (Å²) in [5, 5.41) is 3.34. The van der Waals surface area contributed by atoms with Gasteiger partial charge in [-0.1, -0.05) is 17.7 Å². The lowest BCUT2D eigenvalue weighted by molar-refractivity contribution is -0.0498. The fourth-order valence-corrected chi connectivity index (χ4v) is 1.92. The van der Waals surface area contributed by atoms with Crippen LogP contribution in [0, 0.1) is 0 Å². The van der Waals surface area contributed by atoms with E-state index in [1.54, 1.807) is 12.1 Å². The summed E-state index contributed by atoms with van der Waals surface area (Å²) in [7, 11) is 0. The molecule has 2 rings (SSSR count). The van der Waals surface area contributed by atoms with Gasteiger partial charge in [-0.25, -0.2) is 0 Å². The van der Waals surface area contributed by atoms with Crippen LogP contribution in [0.25, 0.3) is 0 Å². The Labute approximate surface area is 103 Å². The highest BCUT2D eigenvalue weighted by atomic mass is 35.5. The van der Waals surface area contributed by atoms with Gasteiger partial charge < -0.3 is 14.8 Å². The minimum Gasteiger partial charge on any atom is -0.433 e. The quantitative estimate of drug-likeness (QED) is 0.909. The molecular formula is C11H12ClF2NO2. The van der Waals surface area contributed by atoms with Crippen molar-refractivity contribution in [3.63, 3.8) is 0 Å². The smallest absolute Gasteiger partial charge is 0.387 e. The van der Waals surface area contributed by atoms with Crippen molar-refractivity contribution in [1.82, 2.24) is 5.32 Å². The molecule has 0 spiro atoms. The van der Waals surface area contributed by atoms with Crippen molar-refractivity contribution < 1.29 is 18.3 Å². The third-order valence-electron chi connectivity index (χ3n) is 2.47. The molecule has 1 aromatic rings. The lowest BCUT2D eigenvalue weighted by Crippen LogP contribution is -2.33. The number of halogens is 3. The average molecular weight is 264 g/mol. The molecule has 0 bridgehead atoms. The van der Waals surface area contributed by atoms with E-state index in [-0.39, 0.29) is 16.9 Å². The molecule has 3 nitrogen and oxygen atoms in total. The summed E-state index contributed by atoms with van der Waals surface area (Å²) < 4.78 is 33.9. The number of rotatable bonds is 3. The first-order valence-corrected chi connectivity index (χ1v) is 5.61. The van der Waals surface area contributed by atoms with E-state index in [9.17, 15) is 8.78 Å². The van der Waals surface area contributed by atoms with E-state index >= 15 is 0 Å². The monoisotopic (exact) mass is 263 g/mol. The Kier molecular flexibility index (Phi) is 4.15. The van der Waals surface area contributed by atoms with Crippen molar-refractivity contribution in [2.24, 2.45) is 0 Å². The summed E-state index contributed by atoms with van der Waals surface area (Å²) in [5.74, 6) is -0.0193. The van der Waals surface area contributed by atoms with Crippen LogP contribution in [0.15, 0.2) is 18.2 Å². The predicted octanol–water partition coefficient (Wildman–Crippen LogP) is 2.60. The minimum atomic E-state index is -2.87. The van der Waals surface area contributed by atoms with E-state index in [0.717, 1.165) is 12.1 Å². The molecular weight excluding hydrogens is 252 g/mol. The lowest BCUT2D eigenvalue weighted by atomic mass is 10.1. The maximum Gasteiger partial charge on any atom is 0.387 e. The first-order valence-electron chi connectivity index (χ1n) is 5.23. The highest BCUT2D eigenvalue weighted by Crippen LogP contribution is 2.30. The van der Waals surface area contributed by atoms with Crippen molar-refractivity contribution in [2.45, 2.75) is 12.7 Å². The number of ether oxygens (including phenoxy) is 2. The molecule has 0 aromatic heterocycles. The molecule has 1 N–H and O–H groups in total. The van der Waals surface area contributed by atoms with Crippen LogP contribution in [0.2, 0.25) is 5.02 Å². The molecule has 1 atom stereocenters. The predicted molar refractivity (Wildman–Crippen MR) is 59.6 cm³/mol. The molecule has 1 aliphatic heterocycles. The van der Waals surface area contributed by atoms with E-state index < -0.39 is 6.61 Å². The Morgan fingerprint density at radius 2 is 2.29 bits per heavy atom. The normalized spacial score (nSPS) is 20.6. The maximum atomic E-state index is 12.0. The van der Waals surface area contributed by atoms with Gasteiger partial charge in [0.1, 0.15) is 5.75 Å².